The maximum atomic E-state index is 11.2. The zero-order valence-electron chi connectivity index (χ0n) is 11.8. The third-order valence-electron chi connectivity index (χ3n) is 3.28. The lowest BCUT2D eigenvalue weighted by Crippen LogP contribution is -2.04. The normalized spacial score (nSPS) is 10.4. The highest BCUT2D eigenvalue weighted by molar-refractivity contribution is 5.89. The van der Waals surface area contributed by atoms with E-state index in [0.717, 1.165) is 0 Å². The van der Waals surface area contributed by atoms with Crippen LogP contribution in [0.1, 0.15) is 21.7 Å². The summed E-state index contributed by atoms with van der Waals surface area (Å²) in [6.07, 6.45) is 0. The van der Waals surface area contributed by atoms with Crippen LogP contribution in [0.4, 0.5) is 5.69 Å². The van der Waals surface area contributed by atoms with Crippen molar-refractivity contribution in [3.63, 3.8) is 0 Å². The van der Waals surface area contributed by atoms with E-state index in [1.165, 1.54) is 19.2 Å². The van der Waals surface area contributed by atoms with Crippen LogP contribution >= 0.6 is 0 Å². The molecule has 1 aromatic carbocycles. The van der Waals surface area contributed by atoms with Crippen LogP contribution in [0.25, 0.3) is 5.69 Å². The van der Waals surface area contributed by atoms with Crippen molar-refractivity contribution in [3.8, 4) is 11.4 Å². The van der Waals surface area contributed by atoms with E-state index in [2.05, 4.69) is 0 Å². The Morgan fingerprint density at radius 2 is 2.00 bits per heavy atom. The maximum absolute atomic E-state index is 11.2. The SMILES string of the molecule is COc1cc([N+](=O)[O-])ccc1-n1c(C)cc(C(=O)O)c1C. The van der Waals surface area contributed by atoms with Gasteiger partial charge in [0.25, 0.3) is 5.69 Å². The molecule has 0 saturated heterocycles. The molecule has 0 spiro atoms. The highest BCUT2D eigenvalue weighted by Gasteiger charge is 2.19. The first-order valence-corrected chi connectivity index (χ1v) is 6.12. The van der Waals surface area contributed by atoms with Crippen molar-refractivity contribution >= 4 is 11.7 Å². The fraction of sp³-hybridized carbons (Fsp3) is 0.214. The summed E-state index contributed by atoms with van der Waals surface area (Å²) >= 11 is 0. The Morgan fingerprint density at radius 1 is 1.33 bits per heavy atom. The number of carbonyl (C=O) groups is 1. The van der Waals surface area contributed by atoms with Crippen molar-refractivity contribution < 1.29 is 19.6 Å². The number of carboxylic acids is 1. The number of nitrogens with zero attached hydrogens (tertiary/aromatic N) is 2. The van der Waals surface area contributed by atoms with Gasteiger partial charge in [-0.3, -0.25) is 10.1 Å². The molecule has 0 saturated carbocycles. The molecule has 0 aliphatic heterocycles. The zero-order valence-corrected chi connectivity index (χ0v) is 11.8. The molecule has 7 heteroatoms. The lowest BCUT2D eigenvalue weighted by molar-refractivity contribution is -0.384. The van der Waals surface area contributed by atoms with Gasteiger partial charge in [-0.1, -0.05) is 0 Å². The Kier molecular flexibility index (Phi) is 3.66. The molecule has 1 heterocycles. The molecule has 1 N–H and O–H groups in total. The number of rotatable bonds is 4. The number of carboxylic acid groups (broad SMARTS) is 1. The fourth-order valence-corrected chi connectivity index (χ4v) is 2.31. The number of aryl methyl sites for hydroxylation is 1. The van der Waals surface area contributed by atoms with Crippen LogP contribution in [0.2, 0.25) is 0 Å². The average molecular weight is 290 g/mol. The standard InChI is InChI=1S/C14H14N2O5/c1-8-6-11(14(17)18)9(2)15(8)12-5-4-10(16(19)20)7-13(12)21-3/h4-7H,1-3H3,(H,17,18). The minimum atomic E-state index is -1.02. The maximum Gasteiger partial charge on any atom is 0.337 e. The van der Waals surface area contributed by atoms with E-state index in [9.17, 15) is 14.9 Å². The molecular formula is C14H14N2O5. The second-order valence-corrected chi connectivity index (χ2v) is 4.54. The second kappa shape index (κ2) is 5.28. The Hall–Kier alpha value is -2.83. The summed E-state index contributed by atoms with van der Waals surface area (Å²) in [4.78, 5) is 21.5. The summed E-state index contributed by atoms with van der Waals surface area (Å²) in [5.74, 6) is -0.710. The number of non-ortho nitro benzene ring substituents is 1. The van der Waals surface area contributed by atoms with E-state index in [0.29, 0.717) is 22.8 Å². The smallest absolute Gasteiger partial charge is 0.337 e. The minimum Gasteiger partial charge on any atom is -0.494 e. The van der Waals surface area contributed by atoms with Crippen molar-refractivity contribution in [1.29, 1.82) is 0 Å². The van der Waals surface area contributed by atoms with Crippen molar-refractivity contribution in [2.24, 2.45) is 0 Å². The van der Waals surface area contributed by atoms with Crippen LogP contribution < -0.4 is 4.74 Å². The van der Waals surface area contributed by atoms with E-state index < -0.39 is 10.9 Å². The van der Waals surface area contributed by atoms with Gasteiger partial charge < -0.3 is 14.4 Å². The molecule has 0 bridgehead atoms. The molecular weight excluding hydrogens is 276 g/mol. The molecule has 0 unspecified atom stereocenters. The summed E-state index contributed by atoms with van der Waals surface area (Å²) in [6.45, 7) is 3.44. The molecule has 2 rings (SSSR count). The largest absolute Gasteiger partial charge is 0.494 e. The molecule has 0 amide bonds. The van der Waals surface area contributed by atoms with Gasteiger partial charge in [0.15, 0.2) is 0 Å². The van der Waals surface area contributed by atoms with Gasteiger partial charge in [0.05, 0.1) is 29.4 Å². The minimum absolute atomic E-state index is 0.0866. The quantitative estimate of drug-likeness (QED) is 0.690. The number of aromatic nitrogens is 1. The van der Waals surface area contributed by atoms with E-state index in [-0.39, 0.29) is 11.3 Å². The third-order valence-corrected chi connectivity index (χ3v) is 3.28. The molecule has 0 aliphatic carbocycles. The number of methoxy groups -OCH3 is 1. The molecule has 7 nitrogen and oxygen atoms in total. The van der Waals surface area contributed by atoms with Gasteiger partial charge in [0, 0.05) is 17.5 Å². The van der Waals surface area contributed by atoms with Crippen LogP contribution in [0.3, 0.4) is 0 Å². The zero-order chi connectivity index (χ0) is 15.7. The fourth-order valence-electron chi connectivity index (χ4n) is 2.31. The van der Waals surface area contributed by atoms with E-state index in [1.54, 1.807) is 30.5 Å². The van der Waals surface area contributed by atoms with Gasteiger partial charge >= 0.3 is 5.97 Å². The highest BCUT2D eigenvalue weighted by Crippen LogP contribution is 2.31. The Morgan fingerprint density at radius 3 is 2.48 bits per heavy atom. The number of aromatic carboxylic acids is 1. The molecule has 110 valence electrons. The summed E-state index contributed by atoms with van der Waals surface area (Å²) in [7, 11) is 1.41. The van der Waals surface area contributed by atoms with Gasteiger partial charge in [-0.2, -0.15) is 0 Å². The predicted octanol–water partition coefficient (Wildman–Crippen LogP) is 2.71. The molecule has 0 radical (unpaired) electrons. The number of benzene rings is 1. The van der Waals surface area contributed by atoms with E-state index >= 15 is 0 Å². The Bertz CT molecular complexity index is 733. The van der Waals surface area contributed by atoms with Gasteiger partial charge in [0.1, 0.15) is 5.75 Å². The van der Waals surface area contributed by atoms with Crippen LogP contribution in [-0.4, -0.2) is 27.7 Å². The van der Waals surface area contributed by atoms with E-state index in [4.69, 9.17) is 9.84 Å². The Balaban J connectivity index is 2.67. The summed E-state index contributed by atoms with van der Waals surface area (Å²) < 4.78 is 6.90. The number of ether oxygens (including phenoxy) is 1. The van der Waals surface area contributed by atoms with E-state index in [1.807, 2.05) is 0 Å². The summed E-state index contributed by atoms with van der Waals surface area (Å²) in [5.41, 5.74) is 1.90. The Labute approximate surface area is 120 Å². The molecule has 21 heavy (non-hydrogen) atoms. The van der Waals surface area contributed by atoms with Crippen LogP contribution in [-0.2, 0) is 0 Å². The number of hydrogen-bond donors (Lipinski definition) is 1. The monoisotopic (exact) mass is 290 g/mol. The van der Waals surface area contributed by atoms with Crippen molar-refractivity contribution in [2.45, 2.75) is 13.8 Å². The number of nitro groups is 1. The van der Waals surface area contributed by atoms with Gasteiger partial charge in [0.2, 0.25) is 0 Å². The van der Waals surface area contributed by atoms with Crippen LogP contribution in [0, 0.1) is 24.0 Å². The summed E-state index contributed by atoms with van der Waals surface area (Å²) in [6, 6.07) is 5.77. The van der Waals surface area contributed by atoms with Crippen LogP contribution in [0.15, 0.2) is 24.3 Å². The third kappa shape index (κ3) is 2.45. The predicted molar refractivity (Wildman–Crippen MR) is 75.4 cm³/mol. The molecule has 2 aromatic rings. The van der Waals surface area contributed by atoms with Crippen molar-refractivity contribution in [2.75, 3.05) is 7.11 Å². The second-order valence-electron chi connectivity index (χ2n) is 4.54. The molecule has 0 aliphatic rings. The van der Waals surface area contributed by atoms with Crippen molar-refractivity contribution in [1.82, 2.24) is 4.57 Å². The average Bonchev–Trinajstić information content (AvgIpc) is 2.73. The topological polar surface area (TPSA) is 94.6 Å². The first-order chi connectivity index (χ1) is 9.86. The van der Waals surface area contributed by atoms with Gasteiger partial charge in [-0.05, 0) is 26.0 Å². The lowest BCUT2D eigenvalue weighted by Gasteiger charge is -2.13. The first-order valence-electron chi connectivity index (χ1n) is 6.12. The highest BCUT2D eigenvalue weighted by atomic mass is 16.6. The van der Waals surface area contributed by atoms with Crippen molar-refractivity contribution in [3.05, 3.63) is 51.3 Å². The summed E-state index contributed by atoms with van der Waals surface area (Å²) in [5, 5.41) is 20.0. The molecule has 1 aromatic heterocycles. The first kappa shape index (κ1) is 14.6. The lowest BCUT2D eigenvalue weighted by atomic mass is 10.2. The number of hydrogen-bond acceptors (Lipinski definition) is 4. The van der Waals surface area contributed by atoms with Gasteiger partial charge in [-0.15, -0.1) is 0 Å². The number of nitro benzene ring substituents is 1. The molecule has 0 fully saturated rings. The van der Waals surface area contributed by atoms with Gasteiger partial charge in [-0.25, -0.2) is 4.79 Å². The van der Waals surface area contributed by atoms with Crippen LogP contribution in [0.5, 0.6) is 5.75 Å². The molecule has 0 atom stereocenters.